The second-order valence-corrected chi connectivity index (χ2v) is 12.7. The molecular weight excluding hydrogens is 421 g/mol. The van der Waals surface area contributed by atoms with Gasteiger partial charge >= 0.3 is 158 Å². The molecule has 0 spiro atoms. The summed E-state index contributed by atoms with van der Waals surface area (Å²) >= 11 is -3.35. The Bertz CT molecular complexity index is 1020. The summed E-state index contributed by atoms with van der Waals surface area (Å²) in [6, 6.07) is 27.9. The Morgan fingerprint density at radius 1 is 0.571 bits per heavy atom. The fourth-order valence-electron chi connectivity index (χ4n) is 4.56. The molecule has 1 N–H and O–H groups in total. The fourth-order valence-corrected chi connectivity index (χ4v) is 11.0. The van der Waals surface area contributed by atoms with Crippen molar-refractivity contribution in [2.75, 3.05) is 0 Å². The molecule has 3 aromatic carbocycles. The van der Waals surface area contributed by atoms with Crippen molar-refractivity contribution in [2.45, 2.75) is 8.45 Å². The van der Waals surface area contributed by atoms with Crippen LogP contribution in [0.2, 0.25) is 0 Å². The second kappa shape index (κ2) is 8.31. The van der Waals surface area contributed by atoms with E-state index in [1.54, 1.807) is 0 Å². The quantitative estimate of drug-likeness (QED) is 0.441. The summed E-state index contributed by atoms with van der Waals surface area (Å²) < 4.78 is 11.7. The number of nitrogens with one attached hydrogen (secondary N) is 1. The zero-order valence-electron chi connectivity index (χ0n) is 15.3. The van der Waals surface area contributed by atoms with Gasteiger partial charge in [0.1, 0.15) is 0 Å². The normalized spacial score (nSPS) is 20.4. The van der Waals surface area contributed by atoms with Gasteiger partial charge in [0.2, 0.25) is 0 Å². The average Bonchev–Trinajstić information content (AvgIpc) is 3.33. The summed E-state index contributed by atoms with van der Waals surface area (Å²) in [6.45, 7) is 0. The Balaban J connectivity index is 0.00000112. The Kier molecular flexibility index (Phi) is 6.22. The number of allylic oxidation sites excluding steroid dienone is 2. The van der Waals surface area contributed by atoms with E-state index in [4.69, 9.17) is 0 Å². The van der Waals surface area contributed by atoms with E-state index in [1.165, 1.54) is 26.1 Å². The number of halogens is 2. The molecule has 0 heterocycles. The van der Waals surface area contributed by atoms with Crippen LogP contribution < -0.4 is 3.87 Å². The van der Waals surface area contributed by atoms with Crippen LogP contribution in [-0.2, 0) is 16.4 Å². The first kappa shape index (κ1) is 21.0. The Hall–Kier alpha value is -1.77. The average molecular weight is 443 g/mol. The van der Waals surface area contributed by atoms with Crippen LogP contribution >= 0.6 is 24.8 Å². The van der Waals surface area contributed by atoms with Gasteiger partial charge in [0.25, 0.3) is 0 Å². The molecule has 0 aromatic heterocycles. The van der Waals surface area contributed by atoms with Gasteiger partial charge in [-0.25, -0.2) is 0 Å². The van der Waals surface area contributed by atoms with Crippen molar-refractivity contribution in [3.05, 3.63) is 113 Å². The van der Waals surface area contributed by atoms with Crippen LogP contribution in [0.25, 0.3) is 12.2 Å². The molecule has 3 aromatic rings. The molecule has 2 unspecified atom stereocenters. The van der Waals surface area contributed by atoms with Crippen molar-refractivity contribution in [1.82, 2.24) is 0 Å². The van der Waals surface area contributed by atoms with Crippen molar-refractivity contribution in [3.8, 4) is 0 Å². The monoisotopic (exact) mass is 442 g/mol. The molecule has 141 valence electrons. The van der Waals surface area contributed by atoms with Gasteiger partial charge in [-0.05, 0) is 0 Å². The molecule has 0 aliphatic heterocycles. The summed E-state index contributed by atoms with van der Waals surface area (Å²) in [4.78, 5) is 0. The summed E-state index contributed by atoms with van der Waals surface area (Å²) in [5.41, 5.74) is 5.24. The molecule has 1 nitrogen and oxygen atoms in total. The van der Waals surface area contributed by atoms with Crippen LogP contribution in [0.4, 0.5) is 0 Å². The third-order valence-corrected chi connectivity index (χ3v) is 12.5. The molecule has 0 amide bonds. The summed E-state index contributed by atoms with van der Waals surface area (Å²) in [6.07, 6.45) is 9.06. The van der Waals surface area contributed by atoms with E-state index >= 15 is 0 Å². The molecular formula is C24H22Cl2NTi. The summed E-state index contributed by atoms with van der Waals surface area (Å²) in [5.74, 6) is 0. The number of fused-ring (bicyclic) bond motifs is 2. The van der Waals surface area contributed by atoms with Crippen LogP contribution in [0.1, 0.15) is 30.7 Å². The van der Waals surface area contributed by atoms with Gasteiger partial charge in [-0.2, -0.15) is 0 Å². The van der Waals surface area contributed by atoms with Crippen molar-refractivity contribution >= 4 is 40.8 Å². The van der Waals surface area contributed by atoms with Crippen LogP contribution in [0.5, 0.6) is 0 Å². The second-order valence-electron chi connectivity index (χ2n) is 7.17. The third-order valence-electron chi connectivity index (χ3n) is 5.83. The Morgan fingerprint density at radius 3 is 1.50 bits per heavy atom. The topological polar surface area (TPSA) is 23.9 Å². The fraction of sp³-hybridized carbons (Fsp3) is 0.0833. The van der Waals surface area contributed by atoms with Gasteiger partial charge in [0, 0.05) is 0 Å². The summed E-state index contributed by atoms with van der Waals surface area (Å²) in [7, 11) is 0. The van der Waals surface area contributed by atoms with Crippen molar-refractivity contribution < 1.29 is 16.4 Å². The van der Waals surface area contributed by atoms with Gasteiger partial charge in [-0.15, -0.1) is 24.8 Å². The standard InChI is InChI=1S/2C9H7.C6H5.2ClH.HN.Ti/c2*1-2-5-9-7-3-6-8(9)4-1;1-2-4-6-5-3-1;;;;/h2*1-7H;1-5H;3*1H;. The first-order valence-corrected chi connectivity index (χ1v) is 12.5. The van der Waals surface area contributed by atoms with E-state index in [0.717, 1.165) is 0 Å². The van der Waals surface area contributed by atoms with E-state index in [1.807, 2.05) is 0 Å². The number of rotatable bonds is 3. The van der Waals surface area contributed by atoms with Crippen LogP contribution in [-0.4, -0.2) is 0 Å². The molecule has 2 atom stereocenters. The molecule has 5 rings (SSSR count). The first-order chi connectivity index (χ1) is 12.8. The Morgan fingerprint density at radius 2 is 1.00 bits per heavy atom. The zero-order chi connectivity index (χ0) is 17.6. The van der Waals surface area contributed by atoms with Gasteiger partial charge in [-0.1, -0.05) is 0 Å². The van der Waals surface area contributed by atoms with Gasteiger partial charge < -0.3 is 0 Å². The van der Waals surface area contributed by atoms with E-state index in [2.05, 4.69) is 103 Å². The molecule has 0 radical (unpaired) electrons. The molecule has 28 heavy (non-hydrogen) atoms. The number of benzene rings is 3. The van der Waals surface area contributed by atoms with Crippen molar-refractivity contribution in [3.63, 3.8) is 0 Å². The minimum atomic E-state index is -3.35. The molecule has 0 saturated carbocycles. The van der Waals surface area contributed by atoms with Gasteiger partial charge in [0.15, 0.2) is 0 Å². The number of hydrogen-bond donors (Lipinski definition) is 1. The van der Waals surface area contributed by atoms with E-state index in [-0.39, 0.29) is 33.3 Å². The maximum atomic E-state index is 10.0. The zero-order valence-corrected chi connectivity index (χ0v) is 18.5. The SMILES string of the molecule is Cl.Cl.[NH]=[Ti]([c]1ccccc1)([CH]1C=Cc2ccccc21)[CH]1C=Cc2ccccc21. The molecule has 2 aliphatic rings. The van der Waals surface area contributed by atoms with Crippen LogP contribution in [0, 0.1) is 3.83 Å². The van der Waals surface area contributed by atoms with Crippen molar-refractivity contribution in [2.24, 2.45) is 0 Å². The molecule has 0 fully saturated rings. The third kappa shape index (κ3) is 3.17. The maximum absolute atomic E-state index is 10.0. The van der Waals surface area contributed by atoms with E-state index < -0.39 is 16.4 Å². The van der Waals surface area contributed by atoms with Crippen LogP contribution in [0.15, 0.2) is 91.0 Å². The predicted molar refractivity (Wildman–Crippen MR) is 120 cm³/mol. The van der Waals surface area contributed by atoms with Crippen molar-refractivity contribution in [1.29, 1.82) is 3.83 Å². The van der Waals surface area contributed by atoms with E-state index in [0.29, 0.717) is 0 Å². The van der Waals surface area contributed by atoms with Crippen LogP contribution in [0.3, 0.4) is 0 Å². The molecule has 0 saturated heterocycles. The molecule has 4 heteroatoms. The number of hydrogen-bond acceptors (Lipinski definition) is 1. The molecule has 0 bridgehead atoms. The van der Waals surface area contributed by atoms with Gasteiger partial charge in [-0.3, -0.25) is 0 Å². The van der Waals surface area contributed by atoms with Gasteiger partial charge in [0.05, 0.1) is 0 Å². The van der Waals surface area contributed by atoms with E-state index in [9.17, 15) is 3.83 Å². The first-order valence-electron chi connectivity index (χ1n) is 9.13. The Labute approximate surface area is 182 Å². The summed E-state index contributed by atoms with van der Waals surface area (Å²) in [5, 5.41) is 0. The minimum absolute atomic E-state index is 0. The molecule has 2 aliphatic carbocycles. The predicted octanol–water partition coefficient (Wildman–Crippen LogP) is 6.61.